The number of aromatic nitrogens is 4. The van der Waals surface area contributed by atoms with E-state index in [9.17, 15) is 4.79 Å². The molecule has 1 aromatic carbocycles. The first-order valence-corrected chi connectivity index (χ1v) is 8.53. The van der Waals surface area contributed by atoms with Gasteiger partial charge in [0.05, 0.1) is 0 Å². The van der Waals surface area contributed by atoms with E-state index in [-0.39, 0.29) is 5.91 Å². The smallest absolute Gasteiger partial charge is 0.273 e. The highest BCUT2D eigenvalue weighted by atomic mass is 16.5. The molecule has 0 saturated carbocycles. The van der Waals surface area contributed by atoms with E-state index in [4.69, 9.17) is 4.52 Å². The minimum atomic E-state index is -0.0758. The Morgan fingerprint density at radius 2 is 1.92 bits per heavy atom. The lowest BCUT2D eigenvalue weighted by atomic mass is 10.2. The van der Waals surface area contributed by atoms with E-state index in [1.165, 1.54) is 0 Å². The Labute approximate surface area is 151 Å². The van der Waals surface area contributed by atoms with Gasteiger partial charge in [0.15, 0.2) is 0 Å². The summed E-state index contributed by atoms with van der Waals surface area (Å²) in [7, 11) is 3.46. The van der Waals surface area contributed by atoms with Crippen LogP contribution in [-0.4, -0.2) is 57.7 Å². The van der Waals surface area contributed by atoms with Crippen LogP contribution in [0.15, 0.2) is 41.1 Å². The van der Waals surface area contributed by atoms with Crippen LogP contribution in [0.3, 0.4) is 0 Å². The maximum Gasteiger partial charge on any atom is 0.273 e. The summed E-state index contributed by atoms with van der Waals surface area (Å²) in [5.41, 5.74) is 1.39. The quantitative estimate of drug-likeness (QED) is 0.714. The normalized spacial score (nSPS) is 14.0. The number of hydrogen-bond acceptors (Lipinski definition) is 6. The zero-order valence-electron chi connectivity index (χ0n) is 14.8. The molecule has 3 heterocycles. The van der Waals surface area contributed by atoms with Crippen molar-refractivity contribution in [3.8, 4) is 11.5 Å². The number of hydrogen-bond donors (Lipinski definition) is 0. The van der Waals surface area contributed by atoms with Gasteiger partial charge in [0.2, 0.25) is 0 Å². The molecule has 0 radical (unpaired) electrons. The summed E-state index contributed by atoms with van der Waals surface area (Å²) in [5.74, 6) is 1.93. The molecular weight excluding hydrogens is 332 g/mol. The second kappa shape index (κ2) is 6.62. The molecule has 0 unspecified atom stereocenters. The molecule has 134 valence electrons. The monoisotopic (exact) mass is 352 g/mol. The fourth-order valence-electron chi connectivity index (χ4n) is 3.00. The average Bonchev–Trinajstić information content (AvgIpc) is 3.26. The van der Waals surface area contributed by atoms with Gasteiger partial charge in [0.25, 0.3) is 17.7 Å². The number of carbonyl (C=O) groups is 1. The summed E-state index contributed by atoms with van der Waals surface area (Å²) in [4.78, 5) is 24.7. The molecule has 1 aliphatic rings. The molecule has 26 heavy (non-hydrogen) atoms. The van der Waals surface area contributed by atoms with Gasteiger partial charge in [-0.05, 0) is 17.3 Å². The Bertz CT molecular complexity index is 889. The van der Waals surface area contributed by atoms with Gasteiger partial charge < -0.3 is 18.9 Å². The Balaban J connectivity index is 1.49. The first kappa shape index (κ1) is 16.3. The number of anilines is 1. The molecule has 1 amide bonds. The summed E-state index contributed by atoms with van der Waals surface area (Å²) in [5, 5.41) is 4.12. The predicted octanol–water partition coefficient (Wildman–Crippen LogP) is 1.70. The van der Waals surface area contributed by atoms with Crippen molar-refractivity contribution < 1.29 is 9.32 Å². The average molecular weight is 352 g/mol. The van der Waals surface area contributed by atoms with Crippen molar-refractivity contribution in [1.29, 1.82) is 0 Å². The maximum atomic E-state index is 12.1. The summed E-state index contributed by atoms with van der Waals surface area (Å²) < 4.78 is 7.44. The lowest BCUT2D eigenvalue weighted by Gasteiger charge is -2.16. The van der Waals surface area contributed by atoms with Gasteiger partial charge in [-0.3, -0.25) is 4.79 Å². The molecule has 0 bridgehead atoms. The molecule has 0 spiro atoms. The van der Waals surface area contributed by atoms with E-state index in [1.807, 2.05) is 41.1 Å². The van der Waals surface area contributed by atoms with Crippen LogP contribution in [0.2, 0.25) is 0 Å². The highest BCUT2D eigenvalue weighted by molar-refractivity contribution is 5.91. The van der Waals surface area contributed by atoms with Gasteiger partial charge in [0.1, 0.15) is 11.5 Å². The van der Waals surface area contributed by atoms with E-state index in [1.54, 1.807) is 19.0 Å². The number of benzene rings is 1. The van der Waals surface area contributed by atoms with Crippen LogP contribution in [-0.2, 0) is 13.0 Å². The molecule has 4 rings (SSSR count). The fourth-order valence-corrected chi connectivity index (χ4v) is 3.00. The third-order valence-electron chi connectivity index (χ3n) is 4.42. The summed E-state index contributed by atoms with van der Waals surface area (Å²) in [6.45, 7) is 2.17. The van der Waals surface area contributed by atoms with Crippen molar-refractivity contribution in [2.75, 3.05) is 32.1 Å². The van der Waals surface area contributed by atoms with Gasteiger partial charge in [-0.1, -0.05) is 18.2 Å². The van der Waals surface area contributed by atoms with Crippen molar-refractivity contribution >= 4 is 11.9 Å². The Hall–Kier alpha value is -3.16. The highest BCUT2D eigenvalue weighted by Crippen LogP contribution is 2.21. The number of amides is 1. The first-order chi connectivity index (χ1) is 12.6. The van der Waals surface area contributed by atoms with Gasteiger partial charge in [-0.2, -0.15) is 4.98 Å². The van der Waals surface area contributed by atoms with Crippen molar-refractivity contribution in [3.63, 3.8) is 0 Å². The van der Waals surface area contributed by atoms with Gasteiger partial charge in [-0.15, -0.1) is 0 Å². The predicted molar refractivity (Wildman–Crippen MR) is 95.9 cm³/mol. The van der Waals surface area contributed by atoms with Crippen molar-refractivity contribution in [2.45, 2.75) is 13.0 Å². The van der Waals surface area contributed by atoms with Crippen LogP contribution in [0.1, 0.15) is 16.3 Å². The second-order valence-corrected chi connectivity index (χ2v) is 6.44. The molecule has 8 heteroatoms. The lowest BCUT2D eigenvalue weighted by Crippen LogP contribution is -2.28. The number of rotatable bonds is 3. The SMILES string of the molecule is CN(C)C(=O)c1cn2c(n1)CCN(c1noc(-c3ccccc3)n1)CC2. The Kier molecular flexibility index (Phi) is 4.16. The summed E-state index contributed by atoms with van der Waals surface area (Å²) in [6.07, 6.45) is 2.54. The second-order valence-electron chi connectivity index (χ2n) is 6.44. The van der Waals surface area contributed by atoms with E-state index in [0.717, 1.165) is 37.4 Å². The maximum absolute atomic E-state index is 12.1. The van der Waals surface area contributed by atoms with Crippen LogP contribution in [0.5, 0.6) is 0 Å². The van der Waals surface area contributed by atoms with E-state index in [0.29, 0.717) is 17.5 Å². The first-order valence-electron chi connectivity index (χ1n) is 8.53. The number of nitrogens with zero attached hydrogens (tertiary/aromatic N) is 6. The Morgan fingerprint density at radius 1 is 1.12 bits per heavy atom. The van der Waals surface area contributed by atoms with Crippen LogP contribution >= 0.6 is 0 Å². The molecule has 3 aromatic rings. The molecule has 0 atom stereocenters. The third-order valence-corrected chi connectivity index (χ3v) is 4.42. The molecule has 2 aromatic heterocycles. The fraction of sp³-hybridized carbons (Fsp3) is 0.333. The van der Waals surface area contributed by atoms with Crippen LogP contribution < -0.4 is 4.90 Å². The van der Waals surface area contributed by atoms with Crippen molar-refractivity contribution in [2.24, 2.45) is 0 Å². The highest BCUT2D eigenvalue weighted by Gasteiger charge is 2.22. The minimum absolute atomic E-state index is 0.0758. The molecule has 0 saturated heterocycles. The summed E-state index contributed by atoms with van der Waals surface area (Å²) in [6, 6.07) is 9.72. The van der Waals surface area contributed by atoms with E-state index >= 15 is 0 Å². The minimum Gasteiger partial charge on any atom is -0.343 e. The molecule has 0 fully saturated rings. The van der Waals surface area contributed by atoms with Crippen LogP contribution in [0.25, 0.3) is 11.5 Å². The third kappa shape index (κ3) is 3.05. The molecule has 1 aliphatic heterocycles. The van der Waals surface area contributed by atoms with E-state index in [2.05, 4.69) is 20.0 Å². The zero-order valence-corrected chi connectivity index (χ0v) is 14.8. The van der Waals surface area contributed by atoms with E-state index < -0.39 is 0 Å². The van der Waals surface area contributed by atoms with Crippen LogP contribution in [0.4, 0.5) is 5.95 Å². The number of imidazole rings is 1. The molecular formula is C18H20N6O2. The summed E-state index contributed by atoms with van der Waals surface area (Å²) >= 11 is 0. The largest absolute Gasteiger partial charge is 0.343 e. The topological polar surface area (TPSA) is 80.3 Å². The van der Waals surface area contributed by atoms with Gasteiger partial charge in [-0.25, -0.2) is 4.98 Å². The molecule has 8 nitrogen and oxygen atoms in total. The Morgan fingerprint density at radius 3 is 2.69 bits per heavy atom. The number of carbonyl (C=O) groups excluding carboxylic acids is 1. The molecule has 0 aliphatic carbocycles. The van der Waals surface area contributed by atoms with Crippen molar-refractivity contribution in [3.05, 3.63) is 48.0 Å². The lowest BCUT2D eigenvalue weighted by molar-refractivity contribution is 0.0822. The zero-order chi connectivity index (χ0) is 18.1. The molecule has 0 N–H and O–H groups in total. The van der Waals surface area contributed by atoms with Crippen LogP contribution in [0, 0.1) is 0 Å². The van der Waals surface area contributed by atoms with Gasteiger partial charge in [0, 0.05) is 51.9 Å². The standard InChI is InChI=1S/C18H20N6O2/c1-22(2)17(25)14-12-24-11-10-23(9-8-15(24)19-14)18-20-16(26-21-18)13-6-4-3-5-7-13/h3-7,12H,8-11H2,1-2H3. The number of fused-ring (bicyclic) bond motifs is 1. The van der Waals surface area contributed by atoms with Crippen molar-refractivity contribution in [1.82, 2.24) is 24.6 Å². The van der Waals surface area contributed by atoms with Gasteiger partial charge >= 0.3 is 0 Å².